The monoisotopic (exact) mass is 310 g/mol. The fourth-order valence-corrected chi connectivity index (χ4v) is 1.05. The molecule has 0 aromatic rings. The first-order chi connectivity index (χ1) is 10.1. The number of methoxy groups -OCH3 is 1. The number of aliphatic hydroxyl groups is 2. The molecular weight excluding hydrogens is 276 g/mol. The SMILES string of the molecule is CCCCOCCOCCO.COC(C)COC(C)CO. The van der Waals surface area contributed by atoms with Crippen LogP contribution in [0.3, 0.4) is 0 Å². The molecule has 0 aromatic carbocycles. The normalized spacial score (nSPS) is 13.4. The van der Waals surface area contributed by atoms with Crippen LogP contribution < -0.4 is 0 Å². The van der Waals surface area contributed by atoms with Gasteiger partial charge in [-0.3, -0.25) is 0 Å². The highest BCUT2D eigenvalue weighted by Crippen LogP contribution is 1.93. The molecule has 21 heavy (non-hydrogen) atoms. The molecule has 0 heterocycles. The van der Waals surface area contributed by atoms with Crippen molar-refractivity contribution in [2.45, 2.75) is 45.8 Å². The quantitative estimate of drug-likeness (QED) is 0.498. The molecule has 2 atom stereocenters. The van der Waals surface area contributed by atoms with E-state index in [2.05, 4.69) is 6.92 Å². The molecule has 2 unspecified atom stereocenters. The molecule has 0 fully saturated rings. The Morgan fingerprint density at radius 1 is 0.905 bits per heavy atom. The average Bonchev–Trinajstić information content (AvgIpc) is 2.52. The lowest BCUT2D eigenvalue weighted by Gasteiger charge is -2.13. The van der Waals surface area contributed by atoms with Crippen LogP contribution in [0.5, 0.6) is 0 Å². The van der Waals surface area contributed by atoms with Gasteiger partial charge in [-0.1, -0.05) is 13.3 Å². The number of hydrogen-bond donors (Lipinski definition) is 2. The fraction of sp³-hybridized carbons (Fsp3) is 1.00. The second-order valence-corrected chi connectivity index (χ2v) is 4.67. The third kappa shape index (κ3) is 22.2. The van der Waals surface area contributed by atoms with Gasteiger partial charge < -0.3 is 29.2 Å². The Hall–Kier alpha value is -0.240. The molecule has 0 aliphatic carbocycles. The van der Waals surface area contributed by atoms with E-state index < -0.39 is 0 Å². The molecule has 0 aromatic heterocycles. The predicted octanol–water partition coefficient (Wildman–Crippen LogP) is 1.23. The standard InChI is InChI=1S/C8H18O3.C7H16O3/c1-2-3-5-10-7-8-11-6-4-9;1-6(4-8)10-5-7(2)9-3/h9H,2-8H2,1H3;6-8H,4-5H2,1-3H3. The highest BCUT2D eigenvalue weighted by Gasteiger charge is 2.03. The second-order valence-electron chi connectivity index (χ2n) is 4.67. The van der Waals surface area contributed by atoms with E-state index in [1.54, 1.807) is 7.11 Å². The number of hydrogen-bond acceptors (Lipinski definition) is 6. The Morgan fingerprint density at radius 3 is 2.00 bits per heavy atom. The Balaban J connectivity index is 0. The lowest BCUT2D eigenvalue weighted by molar-refractivity contribution is -0.0313. The molecule has 0 aliphatic heterocycles. The molecule has 0 saturated carbocycles. The maximum absolute atomic E-state index is 8.55. The summed E-state index contributed by atoms with van der Waals surface area (Å²) in [5.74, 6) is 0. The number of ether oxygens (including phenoxy) is 4. The molecule has 2 N–H and O–H groups in total. The lowest BCUT2D eigenvalue weighted by atomic mass is 10.4. The summed E-state index contributed by atoms with van der Waals surface area (Å²) in [6.07, 6.45) is 2.30. The maximum atomic E-state index is 8.55. The first kappa shape index (κ1) is 23.0. The Bertz CT molecular complexity index is 162. The molecular formula is C15H34O6. The number of aliphatic hydroxyl groups excluding tert-OH is 2. The molecule has 0 radical (unpaired) electrons. The van der Waals surface area contributed by atoms with Crippen LogP contribution in [0.2, 0.25) is 0 Å². The maximum Gasteiger partial charge on any atom is 0.0779 e. The third-order valence-electron chi connectivity index (χ3n) is 2.52. The zero-order valence-electron chi connectivity index (χ0n) is 14.0. The van der Waals surface area contributed by atoms with E-state index in [0.717, 1.165) is 19.4 Å². The molecule has 0 rings (SSSR count). The van der Waals surface area contributed by atoms with Gasteiger partial charge in [0.2, 0.25) is 0 Å². The number of unbranched alkanes of at least 4 members (excludes halogenated alkanes) is 1. The van der Waals surface area contributed by atoms with E-state index in [-0.39, 0.29) is 25.4 Å². The Morgan fingerprint density at radius 2 is 1.52 bits per heavy atom. The Kier molecular flexibility index (Phi) is 21.7. The van der Waals surface area contributed by atoms with Crippen LogP contribution in [0.25, 0.3) is 0 Å². The minimum absolute atomic E-state index is 0.0659. The first-order valence-corrected chi connectivity index (χ1v) is 7.63. The van der Waals surface area contributed by atoms with Crippen molar-refractivity contribution in [3.8, 4) is 0 Å². The van der Waals surface area contributed by atoms with Crippen LogP contribution in [-0.4, -0.2) is 75.8 Å². The van der Waals surface area contributed by atoms with E-state index >= 15 is 0 Å². The van der Waals surface area contributed by atoms with Gasteiger partial charge in [0.25, 0.3) is 0 Å². The van der Waals surface area contributed by atoms with Crippen LogP contribution >= 0.6 is 0 Å². The average molecular weight is 310 g/mol. The molecule has 0 aliphatic rings. The zero-order valence-corrected chi connectivity index (χ0v) is 14.0. The van der Waals surface area contributed by atoms with Gasteiger partial charge in [0.15, 0.2) is 0 Å². The van der Waals surface area contributed by atoms with Crippen molar-refractivity contribution in [3.05, 3.63) is 0 Å². The molecule has 0 spiro atoms. The van der Waals surface area contributed by atoms with Crippen molar-refractivity contribution in [1.82, 2.24) is 0 Å². The van der Waals surface area contributed by atoms with Gasteiger partial charge in [-0.15, -0.1) is 0 Å². The molecule has 130 valence electrons. The first-order valence-electron chi connectivity index (χ1n) is 7.63. The Labute approximate surface area is 129 Å². The smallest absolute Gasteiger partial charge is 0.0779 e. The van der Waals surface area contributed by atoms with Gasteiger partial charge in [0, 0.05) is 13.7 Å². The van der Waals surface area contributed by atoms with Crippen LogP contribution in [0.1, 0.15) is 33.6 Å². The van der Waals surface area contributed by atoms with Crippen molar-refractivity contribution in [2.24, 2.45) is 0 Å². The highest BCUT2D eigenvalue weighted by atomic mass is 16.5. The van der Waals surface area contributed by atoms with Crippen molar-refractivity contribution in [3.63, 3.8) is 0 Å². The minimum atomic E-state index is -0.0856. The van der Waals surface area contributed by atoms with Gasteiger partial charge in [0.1, 0.15) is 0 Å². The lowest BCUT2D eigenvalue weighted by Crippen LogP contribution is -2.21. The predicted molar refractivity (Wildman–Crippen MR) is 82.6 cm³/mol. The largest absolute Gasteiger partial charge is 0.394 e. The summed E-state index contributed by atoms with van der Waals surface area (Å²) in [4.78, 5) is 0. The summed E-state index contributed by atoms with van der Waals surface area (Å²) < 4.78 is 20.3. The second kappa shape index (κ2) is 19.8. The molecule has 0 bridgehead atoms. The fourth-order valence-electron chi connectivity index (χ4n) is 1.05. The van der Waals surface area contributed by atoms with Gasteiger partial charge in [-0.25, -0.2) is 0 Å². The molecule has 0 amide bonds. The summed E-state index contributed by atoms with van der Waals surface area (Å²) in [6.45, 7) is 9.03. The summed E-state index contributed by atoms with van der Waals surface area (Å²) in [7, 11) is 1.64. The van der Waals surface area contributed by atoms with Crippen LogP contribution in [0.4, 0.5) is 0 Å². The molecule has 6 nitrogen and oxygen atoms in total. The van der Waals surface area contributed by atoms with Crippen LogP contribution in [-0.2, 0) is 18.9 Å². The summed E-state index contributed by atoms with van der Waals surface area (Å²) in [5, 5.41) is 16.9. The summed E-state index contributed by atoms with van der Waals surface area (Å²) >= 11 is 0. The van der Waals surface area contributed by atoms with Crippen molar-refractivity contribution < 1.29 is 29.2 Å². The van der Waals surface area contributed by atoms with Crippen molar-refractivity contribution in [2.75, 3.05) is 53.4 Å². The van der Waals surface area contributed by atoms with Crippen molar-refractivity contribution in [1.29, 1.82) is 0 Å². The van der Waals surface area contributed by atoms with Gasteiger partial charge in [-0.05, 0) is 20.3 Å². The van der Waals surface area contributed by atoms with Gasteiger partial charge in [0.05, 0.1) is 51.8 Å². The zero-order chi connectivity index (χ0) is 16.3. The van der Waals surface area contributed by atoms with E-state index in [0.29, 0.717) is 26.4 Å². The van der Waals surface area contributed by atoms with E-state index in [9.17, 15) is 0 Å². The summed E-state index contributed by atoms with van der Waals surface area (Å²) in [6, 6.07) is 0. The van der Waals surface area contributed by atoms with E-state index in [1.807, 2.05) is 13.8 Å². The van der Waals surface area contributed by atoms with Crippen LogP contribution in [0, 0.1) is 0 Å². The van der Waals surface area contributed by atoms with Crippen molar-refractivity contribution >= 4 is 0 Å². The van der Waals surface area contributed by atoms with E-state index in [1.165, 1.54) is 0 Å². The van der Waals surface area contributed by atoms with E-state index in [4.69, 9.17) is 29.2 Å². The summed E-state index contributed by atoms with van der Waals surface area (Å²) in [5.41, 5.74) is 0. The topological polar surface area (TPSA) is 77.4 Å². The molecule has 6 heteroatoms. The van der Waals surface area contributed by atoms with Gasteiger partial charge >= 0.3 is 0 Å². The number of rotatable bonds is 13. The highest BCUT2D eigenvalue weighted by molar-refractivity contribution is 4.49. The molecule has 0 saturated heterocycles. The van der Waals surface area contributed by atoms with Crippen LogP contribution in [0.15, 0.2) is 0 Å². The third-order valence-corrected chi connectivity index (χ3v) is 2.52. The van der Waals surface area contributed by atoms with Gasteiger partial charge in [-0.2, -0.15) is 0 Å². The minimum Gasteiger partial charge on any atom is -0.394 e.